The highest BCUT2D eigenvalue weighted by Gasteiger charge is 2.34. The van der Waals surface area contributed by atoms with Gasteiger partial charge in [0.05, 0.1) is 0 Å². The summed E-state index contributed by atoms with van der Waals surface area (Å²) in [6, 6.07) is 5.82. The van der Waals surface area contributed by atoms with Crippen LogP contribution in [0.3, 0.4) is 0 Å². The number of hydrogen-bond donors (Lipinski definition) is 0. The van der Waals surface area contributed by atoms with Crippen LogP contribution in [0.5, 0.6) is 0 Å². The molecule has 0 atom stereocenters. The van der Waals surface area contributed by atoms with E-state index in [1.165, 1.54) is 11.9 Å². The van der Waals surface area contributed by atoms with Gasteiger partial charge in [-0.1, -0.05) is 22.0 Å². The molecule has 0 fully saturated rings. The van der Waals surface area contributed by atoms with Crippen molar-refractivity contribution in [1.82, 2.24) is 9.55 Å². The van der Waals surface area contributed by atoms with E-state index in [4.69, 9.17) is 0 Å². The quantitative estimate of drug-likeness (QED) is 0.804. The lowest BCUT2D eigenvalue weighted by Crippen LogP contribution is -2.28. The Kier molecular flexibility index (Phi) is 4.32. The Morgan fingerprint density at radius 1 is 1.32 bits per heavy atom. The Hall–Kier alpha value is -1.83. The van der Waals surface area contributed by atoms with Gasteiger partial charge < -0.3 is 4.90 Å². The van der Waals surface area contributed by atoms with Crippen molar-refractivity contribution in [2.75, 3.05) is 11.9 Å². The van der Waals surface area contributed by atoms with Gasteiger partial charge in [0.1, 0.15) is 0 Å². The summed E-state index contributed by atoms with van der Waals surface area (Å²) in [5, 5.41) is 0. The minimum atomic E-state index is -4.67. The molecule has 8 heteroatoms. The molecule has 1 aromatic carbocycles. The van der Waals surface area contributed by atoms with Crippen LogP contribution in [-0.2, 0) is 13.2 Å². The molecule has 0 radical (unpaired) electrons. The fourth-order valence-electron chi connectivity index (χ4n) is 2.04. The van der Waals surface area contributed by atoms with Crippen molar-refractivity contribution in [3.63, 3.8) is 0 Å². The maximum Gasteiger partial charge on any atom is 0.433 e. The number of alkyl halides is 3. The maximum absolute atomic E-state index is 12.9. The summed E-state index contributed by atoms with van der Waals surface area (Å²) >= 11 is 3.37. The van der Waals surface area contributed by atoms with E-state index in [2.05, 4.69) is 20.9 Å². The van der Waals surface area contributed by atoms with Gasteiger partial charge in [0, 0.05) is 30.3 Å². The Labute approximate surface area is 133 Å². The third-order valence-electron chi connectivity index (χ3n) is 3.30. The predicted molar refractivity (Wildman–Crippen MR) is 81.4 cm³/mol. The standard InChI is InChI=1S/C14H13BrF3N3O/c1-8-9(15)5-4-6-10(8)20(2)13-19-11(14(16,17)18)7-12(22)21(13)3/h4-7H,1-3H3. The second kappa shape index (κ2) is 5.75. The first-order valence-electron chi connectivity index (χ1n) is 6.27. The minimum Gasteiger partial charge on any atom is -0.315 e. The highest BCUT2D eigenvalue weighted by Crippen LogP contribution is 2.32. The van der Waals surface area contributed by atoms with Crippen molar-refractivity contribution < 1.29 is 13.2 Å². The smallest absolute Gasteiger partial charge is 0.315 e. The summed E-state index contributed by atoms with van der Waals surface area (Å²) in [6.45, 7) is 1.82. The van der Waals surface area contributed by atoms with Gasteiger partial charge in [-0.2, -0.15) is 13.2 Å². The average Bonchev–Trinajstić information content (AvgIpc) is 2.43. The lowest BCUT2D eigenvalue weighted by Gasteiger charge is -2.23. The fourth-order valence-corrected chi connectivity index (χ4v) is 2.40. The highest BCUT2D eigenvalue weighted by atomic mass is 79.9. The SMILES string of the molecule is Cc1c(Br)cccc1N(C)c1nc(C(F)(F)F)cc(=O)n1C. The van der Waals surface area contributed by atoms with Gasteiger partial charge in [-0.25, -0.2) is 4.98 Å². The van der Waals surface area contributed by atoms with E-state index in [1.807, 2.05) is 13.0 Å². The third-order valence-corrected chi connectivity index (χ3v) is 4.16. The summed E-state index contributed by atoms with van der Waals surface area (Å²) in [5.74, 6) is -0.0824. The van der Waals surface area contributed by atoms with Gasteiger partial charge >= 0.3 is 6.18 Å². The molecule has 0 bridgehead atoms. The van der Waals surface area contributed by atoms with Crippen LogP contribution in [0, 0.1) is 6.92 Å². The zero-order valence-corrected chi connectivity index (χ0v) is 13.7. The minimum absolute atomic E-state index is 0.0824. The molecule has 0 aliphatic rings. The molecular formula is C14H13BrF3N3O. The molecule has 0 N–H and O–H groups in total. The van der Waals surface area contributed by atoms with Gasteiger partial charge in [-0.05, 0) is 24.6 Å². The number of benzene rings is 1. The topological polar surface area (TPSA) is 38.1 Å². The Balaban J connectivity index is 2.63. The number of anilines is 2. The van der Waals surface area contributed by atoms with Crippen molar-refractivity contribution in [2.45, 2.75) is 13.1 Å². The van der Waals surface area contributed by atoms with E-state index < -0.39 is 17.4 Å². The molecule has 118 valence electrons. The van der Waals surface area contributed by atoms with Crippen LogP contribution in [-0.4, -0.2) is 16.6 Å². The first-order chi connectivity index (χ1) is 10.1. The van der Waals surface area contributed by atoms with Gasteiger partial charge in [0.15, 0.2) is 5.69 Å². The molecule has 0 aliphatic heterocycles. The third kappa shape index (κ3) is 3.01. The Morgan fingerprint density at radius 3 is 2.55 bits per heavy atom. The molecule has 0 saturated carbocycles. The van der Waals surface area contributed by atoms with Gasteiger partial charge in [0.2, 0.25) is 5.95 Å². The number of rotatable bonds is 2. The Bertz CT molecular complexity index is 771. The predicted octanol–water partition coefficient (Wildman–Crippen LogP) is 3.64. The van der Waals surface area contributed by atoms with Gasteiger partial charge in [-0.3, -0.25) is 9.36 Å². The molecule has 0 unspecified atom stereocenters. The number of aromatic nitrogens is 2. The summed E-state index contributed by atoms with van der Waals surface area (Å²) in [4.78, 5) is 16.8. The molecule has 0 spiro atoms. The summed E-state index contributed by atoms with van der Waals surface area (Å²) in [5.41, 5.74) is -0.491. The van der Waals surface area contributed by atoms with Crippen LogP contribution in [0.4, 0.5) is 24.8 Å². The molecule has 1 heterocycles. The van der Waals surface area contributed by atoms with Crippen molar-refractivity contribution in [3.05, 3.63) is 50.3 Å². The van der Waals surface area contributed by atoms with Crippen molar-refractivity contribution in [3.8, 4) is 0 Å². The molecule has 2 rings (SSSR count). The first-order valence-corrected chi connectivity index (χ1v) is 7.06. The van der Waals surface area contributed by atoms with Crippen molar-refractivity contribution in [1.29, 1.82) is 0 Å². The largest absolute Gasteiger partial charge is 0.433 e. The first kappa shape index (κ1) is 16.5. The summed E-state index contributed by atoms with van der Waals surface area (Å²) in [6.07, 6.45) is -4.67. The zero-order valence-electron chi connectivity index (χ0n) is 12.1. The van der Waals surface area contributed by atoms with Crippen LogP contribution in [0.2, 0.25) is 0 Å². The van der Waals surface area contributed by atoms with Crippen LogP contribution >= 0.6 is 15.9 Å². The molecule has 22 heavy (non-hydrogen) atoms. The second-order valence-corrected chi connectivity index (χ2v) is 5.63. The normalized spacial score (nSPS) is 11.6. The Morgan fingerprint density at radius 2 is 1.95 bits per heavy atom. The molecule has 0 amide bonds. The van der Waals surface area contributed by atoms with Crippen LogP contribution < -0.4 is 10.5 Å². The molecule has 4 nitrogen and oxygen atoms in total. The average molecular weight is 376 g/mol. The van der Waals surface area contributed by atoms with Crippen molar-refractivity contribution >= 4 is 27.6 Å². The van der Waals surface area contributed by atoms with E-state index in [9.17, 15) is 18.0 Å². The second-order valence-electron chi connectivity index (χ2n) is 4.78. The van der Waals surface area contributed by atoms with E-state index in [1.54, 1.807) is 19.2 Å². The molecule has 1 aromatic heterocycles. The molecule has 0 saturated heterocycles. The highest BCUT2D eigenvalue weighted by molar-refractivity contribution is 9.10. The molecule has 2 aromatic rings. The summed E-state index contributed by atoms with van der Waals surface area (Å²) < 4.78 is 40.4. The number of halogens is 4. The van der Waals surface area contributed by atoms with E-state index >= 15 is 0 Å². The monoisotopic (exact) mass is 375 g/mol. The van der Waals surface area contributed by atoms with Crippen LogP contribution in [0.15, 0.2) is 33.5 Å². The van der Waals surface area contributed by atoms with E-state index in [0.29, 0.717) is 11.8 Å². The van der Waals surface area contributed by atoms with Crippen LogP contribution in [0.1, 0.15) is 11.3 Å². The molecular weight excluding hydrogens is 363 g/mol. The number of hydrogen-bond acceptors (Lipinski definition) is 3. The maximum atomic E-state index is 12.9. The van der Waals surface area contributed by atoms with Gasteiger partial charge in [0.25, 0.3) is 5.56 Å². The lowest BCUT2D eigenvalue weighted by atomic mass is 10.2. The van der Waals surface area contributed by atoms with Gasteiger partial charge in [-0.15, -0.1) is 0 Å². The zero-order chi connectivity index (χ0) is 16.7. The molecule has 0 aliphatic carbocycles. The van der Waals surface area contributed by atoms with Crippen LogP contribution in [0.25, 0.3) is 0 Å². The fraction of sp³-hybridized carbons (Fsp3) is 0.286. The van der Waals surface area contributed by atoms with Crippen molar-refractivity contribution in [2.24, 2.45) is 7.05 Å². The van der Waals surface area contributed by atoms with E-state index in [-0.39, 0.29) is 5.95 Å². The van der Waals surface area contributed by atoms with E-state index in [0.717, 1.165) is 14.6 Å². The number of nitrogens with zero attached hydrogens (tertiary/aromatic N) is 3. The lowest BCUT2D eigenvalue weighted by molar-refractivity contribution is -0.141. The summed E-state index contributed by atoms with van der Waals surface area (Å²) in [7, 11) is 2.95.